The van der Waals surface area contributed by atoms with Crippen LogP contribution in [0.5, 0.6) is 0 Å². The normalized spacial score (nSPS) is 27.4. The minimum absolute atomic E-state index is 0.0274. The molecule has 0 radical (unpaired) electrons. The third-order valence-corrected chi connectivity index (χ3v) is 4.09. The van der Waals surface area contributed by atoms with E-state index < -0.39 is 0 Å². The molecule has 3 rings (SSSR count). The summed E-state index contributed by atoms with van der Waals surface area (Å²) in [5.41, 5.74) is 1.34. The van der Waals surface area contributed by atoms with Crippen molar-refractivity contribution in [3.8, 4) is 0 Å². The summed E-state index contributed by atoms with van der Waals surface area (Å²) in [7, 11) is 0. The molecule has 18 heavy (non-hydrogen) atoms. The number of fused-ring (bicyclic) bond motifs is 1. The summed E-state index contributed by atoms with van der Waals surface area (Å²) in [5, 5.41) is 0. The third-order valence-electron chi connectivity index (χ3n) is 4.09. The summed E-state index contributed by atoms with van der Waals surface area (Å²) in [6.07, 6.45) is 4.45. The van der Waals surface area contributed by atoms with E-state index >= 15 is 0 Å². The van der Waals surface area contributed by atoms with Crippen molar-refractivity contribution < 1.29 is 4.74 Å². The number of hydrogen-bond donors (Lipinski definition) is 0. The number of nitrogens with zero attached hydrogens (tertiary/aromatic N) is 3. The van der Waals surface area contributed by atoms with E-state index in [1.807, 2.05) is 0 Å². The van der Waals surface area contributed by atoms with Crippen molar-refractivity contribution in [3.05, 3.63) is 17.7 Å². The summed E-state index contributed by atoms with van der Waals surface area (Å²) >= 11 is 0. The lowest BCUT2D eigenvalue weighted by Crippen LogP contribution is -2.52. The second-order valence-corrected chi connectivity index (χ2v) is 6.25. The van der Waals surface area contributed by atoms with E-state index in [1.165, 1.54) is 17.9 Å². The van der Waals surface area contributed by atoms with Crippen LogP contribution in [0.4, 0.5) is 0 Å². The fourth-order valence-electron chi connectivity index (χ4n) is 3.01. The Morgan fingerprint density at radius 1 is 1.50 bits per heavy atom. The monoisotopic (exact) mass is 249 g/mol. The van der Waals surface area contributed by atoms with Gasteiger partial charge in [-0.15, -0.1) is 0 Å². The van der Waals surface area contributed by atoms with E-state index in [2.05, 4.69) is 41.4 Å². The largest absolute Gasteiger partial charge is 0.373 e. The Bertz CT molecular complexity index is 438. The number of rotatable bonds is 2. The van der Waals surface area contributed by atoms with Crippen molar-refractivity contribution in [2.45, 2.75) is 58.3 Å². The Kier molecular flexibility index (Phi) is 2.94. The van der Waals surface area contributed by atoms with E-state index in [4.69, 9.17) is 4.74 Å². The van der Waals surface area contributed by atoms with Crippen LogP contribution in [0.25, 0.3) is 0 Å². The summed E-state index contributed by atoms with van der Waals surface area (Å²) in [6, 6.07) is 0.491. The number of morpholine rings is 1. The fraction of sp³-hybridized carbons (Fsp3) is 0.786. The second-order valence-electron chi connectivity index (χ2n) is 6.25. The maximum Gasteiger partial charge on any atom is 0.108 e. The Morgan fingerprint density at radius 3 is 3.17 bits per heavy atom. The smallest absolute Gasteiger partial charge is 0.108 e. The quantitative estimate of drug-likeness (QED) is 0.801. The standard InChI is InChI=1S/C14H23N3O/c1-11-9-18-14(2,3)10-16(11)8-12-7-15-13-5-4-6-17(12)13/h7,11H,4-6,8-10H2,1-3H3/t11-/m0/s1. The van der Waals surface area contributed by atoms with Crippen LogP contribution in [0.2, 0.25) is 0 Å². The lowest BCUT2D eigenvalue weighted by atomic mass is 10.0. The summed E-state index contributed by atoms with van der Waals surface area (Å²) in [5.74, 6) is 1.27. The Hall–Kier alpha value is -0.870. The van der Waals surface area contributed by atoms with Crippen molar-refractivity contribution in [2.24, 2.45) is 0 Å². The number of aryl methyl sites for hydroxylation is 1. The minimum atomic E-state index is -0.0274. The molecule has 0 aliphatic carbocycles. The van der Waals surface area contributed by atoms with Crippen molar-refractivity contribution in [2.75, 3.05) is 13.2 Å². The molecule has 0 spiro atoms. The van der Waals surface area contributed by atoms with Gasteiger partial charge in [0.1, 0.15) is 5.82 Å². The van der Waals surface area contributed by atoms with Gasteiger partial charge in [-0.3, -0.25) is 4.90 Å². The number of ether oxygens (including phenoxy) is 1. The van der Waals surface area contributed by atoms with E-state index in [9.17, 15) is 0 Å². The topological polar surface area (TPSA) is 30.3 Å². The summed E-state index contributed by atoms with van der Waals surface area (Å²) in [6.45, 7) is 10.6. The first kappa shape index (κ1) is 12.2. The molecule has 0 amide bonds. The van der Waals surface area contributed by atoms with Crippen molar-refractivity contribution in [1.82, 2.24) is 14.5 Å². The molecular formula is C14H23N3O. The molecular weight excluding hydrogens is 226 g/mol. The zero-order valence-electron chi connectivity index (χ0n) is 11.6. The maximum atomic E-state index is 5.86. The lowest BCUT2D eigenvalue weighted by molar-refractivity contribution is -0.113. The van der Waals surface area contributed by atoms with Gasteiger partial charge in [-0.2, -0.15) is 0 Å². The highest BCUT2D eigenvalue weighted by atomic mass is 16.5. The van der Waals surface area contributed by atoms with Gasteiger partial charge in [0.05, 0.1) is 17.9 Å². The van der Waals surface area contributed by atoms with Gasteiger partial charge in [-0.25, -0.2) is 4.98 Å². The van der Waals surface area contributed by atoms with Crippen LogP contribution in [0, 0.1) is 0 Å². The maximum absolute atomic E-state index is 5.86. The number of aromatic nitrogens is 2. The van der Waals surface area contributed by atoms with Crippen molar-refractivity contribution in [3.63, 3.8) is 0 Å². The molecule has 1 aromatic heterocycles. The van der Waals surface area contributed by atoms with Crippen LogP contribution < -0.4 is 0 Å². The molecule has 4 nitrogen and oxygen atoms in total. The van der Waals surface area contributed by atoms with Crippen LogP contribution in [-0.2, 0) is 24.2 Å². The van der Waals surface area contributed by atoms with Crippen LogP contribution in [0.15, 0.2) is 6.20 Å². The van der Waals surface area contributed by atoms with Gasteiger partial charge in [0.25, 0.3) is 0 Å². The van der Waals surface area contributed by atoms with Crippen LogP contribution >= 0.6 is 0 Å². The molecule has 3 heterocycles. The highest BCUT2D eigenvalue weighted by Crippen LogP contribution is 2.24. The van der Waals surface area contributed by atoms with Gasteiger partial charge in [0.15, 0.2) is 0 Å². The van der Waals surface area contributed by atoms with Gasteiger partial charge >= 0.3 is 0 Å². The van der Waals surface area contributed by atoms with E-state index in [1.54, 1.807) is 0 Å². The molecule has 2 aliphatic heterocycles. The van der Waals surface area contributed by atoms with Crippen LogP contribution in [0.1, 0.15) is 38.7 Å². The molecule has 0 bridgehead atoms. The van der Waals surface area contributed by atoms with Crippen LogP contribution in [0.3, 0.4) is 0 Å². The first-order chi connectivity index (χ1) is 8.55. The van der Waals surface area contributed by atoms with Gasteiger partial charge < -0.3 is 9.30 Å². The van der Waals surface area contributed by atoms with Gasteiger partial charge in [0, 0.05) is 38.3 Å². The van der Waals surface area contributed by atoms with Gasteiger partial charge in [0.2, 0.25) is 0 Å². The Morgan fingerprint density at radius 2 is 2.33 bits per heavy atom. The van der Waals surface area contributed by atoms with Gasteiger partial charge in [-0.05, 0) is 27.2 Å². The average molecular weight is 249 g/mol. The fourth-order valence-corrected chi connectivity index (χ4v) is 3.01. The molecule has 1 saturated heterocycles. The van der Waals surface area contributed by atoms with E-state index in [0.717, 1.165) is 32.7 Å². The molecule has 1 fully saturated rings. The zero-order chi connectivity index (χ0) is 12.8. The average Bonchev–Trinajstić information content (AvgIpc) is 2.88. The second kappa shape index (κ2) is 4.35. The molecule has 1 aromatic rings. The predicted molar refractivity (Wildman–Crippen MR) is 70.5 cm³/mol. The summed E-state index contributed by atoms with van der Waals surface area (Å²) in [4.78, 5) is 7.05. The zero-order valence-corrected chi connectivity index (χ0v) is 11.6. The van der Waals surface area contributed by atoms with E-state index in [0.29, 0.717) is 6.04 Å². The molecule has 0 saturated carbocycles. The number of hydrogen-bond acceptors (Lipinski definition) is 3. The van der Waals surface area contributed by atoms with E-state index in [-0.39, 0.29) is 5.60 Å². The highest BCUT2D eigenvalue weighted by molar-refractivity contribution is 5.09. The SMILES string of the molecule is C[C@H]1COC(C)(C)CN1Cc1cnc2n1CCC2. The molecule has 100 valence electrons. The molecule has 0 N–H and O–H groups in total. The minimum Gasteiger partial charge on any atom is -0.373 e. The first-order valence-corrected chi connectivity index (χ1v) is 6.96. The molecule has 4 heteroatoms. The molecule has 0 unspecified atom stereocenters. The number of imidazole rings is 1. The van der Waals surface area contributed by atoms with Gasteiger partial charge in [-0.1, -0.05) is 0 Å². The van der Waals surface area contributed by atoms with Crippen molar-refractivity contribution in [1.29, 1.82) is 0 Å². The Balaban J connectivity index is 1.75. The third kappa shape index (κ3) is 2.19. The highest BCUT2D eigenvalue weighted by Gasteiger charge is 2.32. The summed E-state index contributed by atoms with van der Waals surface area (Å²) < 4.78 is 8.25. The Labute approximate surface area is 109 Å². The van der Waals surface area contributed by atoms with Crippen molar-refractivity contribution >= 4 is 0 Å². The first-order valence-electron chi connectivity index (χ1n) is 6.96. The lowest BCUT2D eigenvalue weighted by Gasteiger charge is -2.42. The van der Waals surface area contributed by atoms with Crippen LogP contribution in [-0.4, -0.2) is 39.2 Å². The molecule has 0 aromatic carbocycles. The molecule has 2 aliphatic rings. The molecule has 1 atom stereocenters. The predicted octanol–water partition coefficient (Wildman–Crippen LogP) is 1.83.